The molecule has 2 aliphatic rings. The minimum Gasteiger partial charge on any atom is -0.467 e. The number of carbonyl (C=O) groups is 3. The van der Waals surface area contributed by atoms with E-state index in [0.717, 1.165) is 6.07 Å². The number of carbonyl (C=O) groups excluding carboxylic acids is 3. The zero-order valence-corrected chi connectivity index (χ0v) is 13.8. The van der Waals surface area contributed by atoms with E-state index in [2.05, 4.69) is 4.42 Å². The van der Waals surface area contributed by atoms with Gasteiger partial charge in [0.05, 0.1) is 12.3 Å². The highest BCUT2D eigenvalue weighted by molar-refractivity contribution is 6.14. The molecule has 1 aliphatic carbocycles. The maximum Gasteiger partial charge on any atom is 0.454 e. The van der Waals surface area contributed by atoms with Crippen molar-refractivity contribution >= 4 is 17.3 Å². The molecule has 30 heavy (non-hydrogen) atoms. The van der Waals surface area contributed by atoms with Gasteiger partial charge in [0.25, 0.3) is 17.3 Å². The number of nitriles is 1. The molecule has 2 rings (SSSR count). The van der Waals surface area contributed by atoms with Crippen LogP contribution in [-0.4, -0.2) is 35.9 Å². The van der Waals surface area contributed by atoms with Crippen molar-refractivity contribution in [3.05, 3.63) is 35.3 Å². The fourth-order valence-electron chi connectivity index (χ4n) is 2.42. The standard InChI is InChI=1S/C16H4F9NO4/c17-14(18,19)11(27)6-1-7(12(28)15(20,21)22)9-4-30-10(2-5(6)9)8(3-26)13(29)16(23,24)25/h1-2,4,8H. The van der Waals surface area contributed by atoms with Crippen molar-refractivity contribution < 1.29 is 58.3 Å². The number of hydrogen-bond donors (Lipinski definition) is 0. The maximum atomic E-state index is 12.8. The fourth-order valence-corrected chi connectivity index (χ4v) is 2.42. The van der Waals surface area contributed by atoms with Crippen LogP contribution in [0.25, 0.3) is 11.1 Å². The largest absolute Gasteiger partial charge is 0.467 e. The van der Waals surface area contributed by atoms with Gasteiger partial charge >= 0.3 is 18.5 Å². The molecular weight excluding hydrogens is 441 g/mol. The van der Waals surface area contributed by atoms with Gasteiger partial charge in [-0.3, -0.25) is 14.4 Å². The van der Waals surface area contributed by atoms with Crippen LogP contribution in [0.3, 0.4) is 0 Å². The summed E-state index contributed by atoms with van der Waals surface area (Å²) in [6.45, 7) is 0. The lowest BCUT2D eigenvalue weighted by atomic mass is 9.97. The second-order valence-corrected chi connectivity index (χ2v) is 5.66. The van der Waals surface area contributed by atoms with E-state index in [9.17, 15) is 53.9 Å². The van der Waals surface area contributed by atoms with Gasteiger partial charge in [0, 0.05) is 22.3 Å². The molecule has 160 valence electrons. The molecule has 1 aliphatic heterocycles. The lowest BCUT2D eigenvalue weighted by molar-refractivity contribution is -0.171. The Balaban J connectivity index is 2.78. The molecule has 0 saturated carbocycles. The van der Waals surface area contributed by atoms with Crippen molar-refractivity contribution in [2.45, 2.75) is 24.4 Å². The Labute approximate surface area is 159 Å². The Kier molecular flexibility index (Phi) is 5.46. The van der Waals surface area contributed by atoms with Crippen molar-refractivity contribution in [2.24, 2.45) is 0 Å². The molecule has 5 nitrogen and oxygen atoms in total. The lowest BCUT2D eigenvalue weighted by Gasteiger charge is -2.13. The van der Waals surface area contributed by atoms with Crippen LogP contribution in [-0.2, 0) is 4.79 Å². The molecule has 0 fully saturated rings. The molecule has 0 spiro atoms. The normalized spacial score (nSPS) is 13.7. The third kappa shape index (κ3) is 4.14. The second-order valence-electron chi connectivity index (χ2n) is 5.66. The predicted octanol–water partition coefficient (Wildman–Crippen LogP) is 4.61. The Hall–Kier alpha value is -3.37. The molecule has 14 heteroatoms. The number of halogens is 9. The van der Waals surface area contributed by atoms with Crippen LogP contribution in [0.2, 0.25) is 0 Å². The first-order chi connectivity index (χ1) is 13.5. The molecule has 0 saturated heterocycles. The summed E-state index contributed by atoms with van der Waals surface area (Å²) in [5.41, 5.74) is -4.97. The summed E-state index contributed by atoms with van der Waals surface area (Å²) in [6.07, 6.45) is -16.6. The van der Waals surface area contributed by atoms with Crippen LogP contribution in [0, 0.1) is 11.3 Å². The van der Waals surface area contributed by atoms with Crippen molar-refractivity contribution in [3.8, 4) is 17.2 Å². The highest BCUT2D eigenvalue weighted by Crippen LogP contribution is 2.41. The van der Waals surface area contributed by atoms with Gasteiger partial charge in [-0.2, -0.15) is 44.8 Å². The Morgan fingerprint density at radius 3 is 1.67 bits per heavy atom. The van der Waals surface area contributed by atoms with E-state index >= 15 is 0 Å². The number of nitrogens with zero attached hydrogens (tertiary/aromatic N) is 1. The van der Waals surface area contributed by atoms with Gasteiger partial charge in [0.2, 0.25) is 0 Å². The van der Waals surface area contributed by atoms with E-state index in [0.29, 0.717) is 0 Å². The molecule has 0 aromatic heterocycles. The van der Waals surface area contributed by atoms with E-state index in [-0.39, 0.29) is 18.4 Å². The van der Waals surface area contributed by atoms with Crippen LogP contribution in [0.15, 0.2) is 22.8 Å². The first kappa shape index (κ1) is 22.9. The molecule has 0 amide bonds. The SMILES string of the molecule is N#CC(C(=O)C(F)(F)F)c1cc2c(C(=O)C(F)(F)F)cc(C(=O)C(F)(F)F)c-2co1. The molecule has 0 bridgehead atoms. The van der Waals surface area contributed by atoms with Gasteiger partial charge in [-0.25, -0.2) is 0 Å². The summed E-state index contributed by atoms with van der Waals surface area (Å²) in [5.74, 6) is -11.9. The van der Waals surface area contributed by atoms with Crippen LogP contribution in [0.5, 0.6) is 0 Å². The average molecular weight is 445 g/mol. The van der Waals surface area contributed by atoms with Crippen molar-refractivity contribution in [2.75, 3.05) is 0 Å². The monoisotopic (exact) mass is 445 g/mol. The third-order valence-electron chi connectivity index (χ3n) is 3.72. The van der Waals surface area contributed by atoms with Crippen LogP contribution < -0.4 is 0 Å². The summed E-state index contributed by atoms with van der Waals surface area (Å²) in [4.78, 5) is 34.3. The highest BCUT2D eigenvalue weighted by Gasteiger charge is 2.48. The smallest absolute Gasteiger partial charge is 0.454 e. The number of alkyl halides is 9. The second kappa shape index (κ2) is 7.15. The minimum atomic E-state index is -5.62. The quantitative estimate of drug-likeness (QED) is 0.507. The van der Waals surface area contributed by atoms with Gasteiger partial charge in [0.15, 0.2) is 5.92 Å². The summed E-state index contributed by atoms with van der Waals surface area (Å²) in [6, 6.07) is 1.07. The molecule has 0 radical (unpaired) electrons. The molecule has 0 aromatic rings. The summed E-state index contributed by atoms with van der Waals surface area (Å²) < 4.78 is 119. The molecular formula is C16H4F9NO4. The number of hydrogen-bond acceptors (Lipinski definition) is 5. The first-order valence-electron chi connectivity index (χ1n) is 7.29. The van der Waals surface area contributed by atoms with Crippen molar-refractivity contribution in [3.63, 3.8) is 0 Å². The zero-order chi connectivity index (χ0) is 23.2. The Morgan fingerprint density at radius 2 is 1.27 bits per heavy atom. The maximum absolute atomic E-state index is 12.8. The Morgan fingerprint density at radius 1 is 0.800 bits per heavy atom. The molecule has 0 N–H and O–H groups in total. The van der Waals surface area contributed by atoms with Crippen LogP contribution in [0.1, 0.15) is 32.4 Å². The van der Waals surface area contributed by atoms with Crippen LogP contribution in [0.4, 0.5) is 39.5 Å². The number of fused-ring (bicyclic) bond motifs is 1. The van der Waals surface area contributed by atoms with E-state index in [4.69, 9.17) is 5.26 Å². The first-order valence-corrected chi connectivity index (χ1v) is 7.29. The molecule has 1 atom stereocenters. The van der Waals surface area contributed by atoms with Gasteiger partial charge in [-0.1, -0.05) is 0 Å². The summed E-state index contributed by atoms with van der Waals surface area (Å²) >= 11 is 0. The third-order valence-corrected chi connectivity index (χ3v) is 3.72. The molecule has 1 unspecified atom stereocenters. The zero-order valence-electron chi connectivity index (χ0n) is 13.8. The average Bonchev–Trinajstić information content (AvgIpc) is 2.97. The van der Waals surface area contributed by atoms with Crippen molar-refractivity contribution in [1.29, 1.82) is 5.26 Å². The summed E-state index contributed by atoms with van der Waals surface area (Å²) in [5, 5.41) is 8.81. The van der Waals surface area contributed by atoms with Gasteiger partial charge in [0.1, 0.15) is 5.76 Å². The van der Waals surface area contributed by atoms with E-state index in [1.165, 1.54) is 0 Å². The van der Waals surface area contributed by atoms with E-state index in [1.54, 1.807) is 0 Å². The van der Waals surface area contributed by atoms with E-state index < -0.39 is 69.8 Å². The topological polar surface area (TPSA) is 88.1 Å². The minimum absolute atomic E-state index is 0.0391. The number of ketones is 3. The fraction of sp³-hybridized carbons (Fsp3) is 0.250. The highest BCUT2D eigenvalue weighted by atomic mass is 19.4. The summed E-state index contributed by atoms with van der Waals surface area (Å²) in [7, 11) is 0. The Bertz CT molecular complexity index is 1040. The van der Waals surface area contributed by atoms with Crippen LogP contribution >= 0.6 is 0 Å². The molecule has 0 aromatic carbocycles. The predicted molar refractivity (Wildman–Crippen MR) is 75.5 cm³/mol. The van der Waals surface area contributed by atoms with Crippen molar-refractivity contribution in [1.82, 2.24) is 0 Å². The molecule has 1 heterocycles. The van der Waals surface area contributed by atoms with Gasteiger partial charge < -0.3 is 4.42 Å². The van der Waals surface area contributed by atoms with E-state index in [1.807, 2.05) is 0 Å². The number of rotatable bonds is 4. The lowest BCUT2D eigenvalue weighted by Crippen LogP contribution is -2.28. The number of Topliss-reactive ketones (excluding diaryl/α,β-unsaturated/α-hetero) is 3. The van der Waals surface area contributed by atoms with Gasteiger partial charge in [-0.15, -0.1) is 0 Å². The van der Waals surface area contributed by atoms with Gasteiger partial charge in [-0.05, 0) is 12.1 Å².